The Kier molecular flexibility index (Phi) is 5.89. The maximum absolute atomic E-state index is 11.7. The van der Waals surface area contributed by atoms with E-state index < -0.39 is 0 Å². The zero-order valence-electron chi connectivity index (χ0n) is 10.9. The lowest BCUT2D eigenvalue weighted by Crippen LogP contribution is -2.15. The second-order valence-electron chi connectivity index (χ2n) is 4.18. The monoisotopic (exact) mass is 245 g/mol. The molecule has 3 N–H and O–H groups in total. The molecule has 0 fully saturated rings. The van der Waals surface area contributed by atoms with Crippen molar-refractivity contribution in [2.75, 3.05) is 11.9 Å². The first-order valence-corrected chi connectivity index (χ1v) is 6.11. The fourth-order valence-electron chi connectivity index (χ4n) is 1.37. The predicted molar refractivity (Wildman–Crippen MR) is 72.9 cm³/mol. The molecule has 0 aromatic carbocycles. The summed E-state index contributed by atoms with van der Waals surface area (Å²) in [5, 5.41) is 2.77. The van der Waals surface area contributed by atoms with Crippen LogP contribution in [0, 0.1) is 17.8 Å². The largest absolute Gasteiger partial charge is 0.320 e. The molecule has 1 unspecified atom stereocenters. The minimum absolute atomic E-state index is 0.0132. The van der Waals surface area contributed by atoms with Gasteiger partial charge in [0.05, 0.1) is 6.54 Å². The van der Waals surface area contributed by atoms with Crippen LogP contribution in [-0.2, 0) is 4.79 Å². The Labute approximate surface area is 108 Å². The summed E-state index contributed by atoms with van der Waals surface area (Å²) in [5.74, 6) is 6.46. The lowest BCUT2D eigenvalue weighted by atomic mass is 10.1. The first-order chi connectivity index (χ1) is 8.65. The number of hydrogen-bond donors (Lipinski definition) is 2. The van der Waals surface area contributed by atoms with E-state index in [2.05, 4.69) is 36.0 Å². The highest BCUT2D eigenvalue weighted by Gasteiger charge is 2.08. The Morgan fingerprint density at radius 3 is 3.00 bits per heavy atom. The molecule has 4 nitrogen and oxygen atoms in total. The lowest BCUT2D eigenvalue weighted by molar-refractivity contribution is -0.117. The van der Waals surface area contributed by atoms with Gasteiger partial charge in [-0.05, 0) is 24.0 Å². The van der Waals surface area contributed by atoms with Crippen LogP contribution in [0.15, 0.2) is 18.2 Å². The molecule has 18 heavy (non-hydrogen) atoms. The van der Waals surface area contributed by atoms with Crippen LogP contribution in [0.3, 0.4) is 0 Å². The van der Waals surface area contributed by atoms with Crippen molar-refractivity contribution in [3.05, 3.63) is 23.9 Å². The molecule has 1 aromatic heterocycles. The Morgan fingerprint density at radius 1 is 1.56 bits per heavy atom. The van der Waals surface area contributed by atoms with Gasteiger partial charge in [0, 0.05) is 6.42 Å². The van der Waals surface area contributed by atoms with Crippen molar-refractivity contribution in [1.29, 1.82) is 0 Å². The van der Waals surface area contributed by atoms with E-state index in [4.69, 9.17) is 5.73 Å². The Morgan fingerprint density at radius 2 is 2.33 bits per heavy atom. The number of amides is 1. The summed E-state index contributed by atoms with van der Waals surface area (Å²) in [5.41, 5.74) is 5.91. The van der Waals surface area contributed by atoms with Crippen LogP contribution in [-0.4, -0.2) is 17.4 Å². The van der Waals surface area contributed by atoms with Gasteiger partial charge in [-0.25, -0.2) is 4.98 Å². The van der Waals surface area contributed by atoms with Crippen LogP contribution in [0.2, 0.25) is 0 Å². The molecule has 1 amide bonds. The Hall–Kier alpha value is -1.86. The van der Waals surface area contributed by atoms with Crippen molar-refractivity contribution >= 4 is 11.7 Å². The van der Waals surface area contributed by atoms with Gasteiger partial charge in [0.15, 0.2) is 0 Å². The van der Waals surface area contributed by atoms with Crippen LogP contribution in [0.1, 0.15) is 32.4 Å². The number of pyridine rings is 1. The van der Waals surface area contributed by atoms with Crippen LogP contribution in [0.4, 0.5) is 5.82 Å². The van der Waals surface area contributed by atoms with E-state index >= 15 is 0 Å². The van der Waals surface area contributed by atoms with Gasteiger partial charge in [-0.1, -0.05) is 32.3 Å². The van der Waals surface area contributed by atoms with E-state index in [1.807, 2.05) is 6.07 Å². The normalized spacial score (nSPS) is 11.3. The number of anilines is 1. The quantitative estimate of drug-likeness (QED) is 0.794. The van der Waals surface area contributed by atoms with Gasteiger partial charge in [0.2, 0.25) is 5.91 Å². The maximum atomic E-state index is 11.7. The van der Waals surface area contributed by atoms with E-state index in [1.54, 1.807) is 12.1 Å². The summed E-state index contributed by atoms with van der Waals surface area (Å²) in [6.45, 7) is 4.42. The summed E-state index contributed by atoms with van der Waals surface area (Å²) in [7, 11) is 0. The number of nitrogens with zero attached hydrogens (tertiary/aromatic N) is 1. The number of carbonyl (C=O) groups is 1. The van der Waals surface area contributed by atoms with Crippen molar-refractivity contribution in [2.45, 2.75) is 26.7 Å². The number of carbonyl (C=O) groups excluding carboxylic acids is 1. The summed E-state index contributed by atoms with van der Waals surface area (Å²) >= 11 is 0. The average molecular weight is 245 g/mol. The maximum Gasteiger partial charge on any atom is 0.225 e. The van der Waals surface area contributed by atoms with Gasteiger partial charge in [-0.2, -0.15) is 0 Å². The van der Waals surface area contributed by atoms with Gasteiger partial charge in [0.1, 0.15) is 11.5 Å². The Balaban J connectivity index is 2.64. The van der Waals surface area contributed by atoms with Crippen LogP contribution >= 0.6 is 0 Å². The van der Waals surface area contributed by atoms with Gasteiger partial charge >= 0.3 is 0 Å². The minimum Gasteiger partial charge on any atom is -0.320 e. The second-order valence-corrected chi connectivity index (χ2v) is 4.18. The number of hydrogen-bond acceptors (Lipinski definition) is 3. The molecular weight excluding hydrogens is 226 g/mol. The summed E-state index contributed by atoms with van der Waals surface area (Å²) in [6, 6.07) is 5.35. The standard InChI is InChI=1S/C14H19N3O/c1-3-11(2)10-14(18)17-13-8-4-6-12(16-13)7-5-9-15/h4,6,8,11H,3,9-10,15H2,1-2H3,(H,16,17,18). The minimum atomic E-state index is -0.0132. The van der Waals surface area contributed by atoms with Gasteiger partial charge < -0.3 is 11.1 Å². The van der Waals surface area contributed by atoms with Crippen molar-refractivity contribution in [2.24, 2.45) is 11.7 Å². The highest BCUT2D eigenvalue weighted by Crippen LogP contribution is 2.09. The molecule has 0 aliphatic rings. The highest BCUT2D eigenvalue weighted by molar-refractivity contribution is 5.89. The third kappa shape index (κ3) is 4.98. The smallest absolute Gasteiger partial charge is 0.225 e. The molecule has 1 atom stereocenters. The number of nitrogens with one attached hydrogen (secondary N) is 1. The molecule has 0 saturated carbocycles. The molecule has 0 spiro atoms. The van der Waals surface area contributed by atoms with Crippen molar-refractivity contribution in [3.8, 4) is 11.8 Å². The SMILES string of the molecule is CCC(C)CC(=O)Nc1cccc(C#CCN)n1. The van der Waals surface area contributed by atoms with Crippen LogP contribution in [0.5, 0.6) is 0 Å². The van der Waals surface area contributed by atoms with E-state index in [0.717, 1.165) is 6.42 Å². The van der Waals surface area contributed by atoms with Gasteiger partial charge in [-0.3, -0.25) is 4.79 Å². The Bertz CT molecular complexity index is 460. The average Bonchev–Trinajstić information content (AvgIpc) is 2.36. The van der Waals surface area contributed by atoms with E-state index in [9.17, 15) is 4.79 Å². The van der Waals surface area contributed by atoms with Crippen LogP contribution < -0.4 is 11.1 Å². The third-order valence-corrected chi connectivity index (χ3v) is 2.57. The van der Waals surface area contributed by atoms with E-state index in [-0.39, 0.29) is 5.91 Å². The van der Waals surface area contributed by atoms with E-state index in [0.29, 0.717) is 30.4 Å². The number of aromatic nitrogens is 1. The van der Waals surface area contributed by atoms with E-state index in [1.165, 1.54) is 0 Å². The van der Waals surface area contributed by atoms with Crippen molar-refractivity contribution in [1.82, 2.24) is 4.98 Å². The predicted octanol–water partition coefficient (Wildman–Crippen LogP) is 1.77. The number of rotatable bonds is 4. The third-order valence-electron chi connectivity index (χ3n) is 2.57. The molecule has 0 bridgehead atoms. The first kappa shape index (κ1) is 14.2. The summed E-state index contributed by atoms with van der Waals surface area (Å²) in [6.07, 6.45) is 1.50. The molecule has 4 heteroatoms. The topological polar surface area (TPSA) is 68.0 Å². The summed E-state index contributed by atoms with van der Waals surface area (Å²) in [4.78, 5) is 15.9. The zero-order chi connectivity index (χ0) is 13.4. The molecule has 0 aliphatic heterocycles. The lowest BCUT2D eigenvalue weighted by Gasteiger charge is -2.08. The fraction of sp³-hybridized carbons (Fsp3) is 0.429. The fourth-order valence-corrected chi connectivity index (χ4v) is 1.37. The van der Waals surface area contributed by atoms with Crippen LogP contribution in [0.25, 0.3) is 0 Å². The molecule has 96 valence electrons. The van der Waals surface area contributed by atoms with Gasteiger partial charge in [-0.15, -0.1) is 0 Å². The molecule has 0 saturated heterocycles. The molecule has 0 radical (unpaired) electrons. The van der Waals surface area contributed by atoms with Crippen molar-refractivity contribution < 1.29 is 4.79 Å². The van der Waals surface area contributed by atoms with Crippen molar-refractivity contribution in [3.63, 3.8) is 0 Å². The number of nitrogens with two attached hydrogens (primary N) is 1. The molecule has 1 heterocycles. The zero-order valence-corrected chi connectivity index (χ0v) is 10.9. The summed E-state index contributed by atoms with van der Waals surface area (Å²) < 4.78 is 0. The van der Waals surface area contributed by atoms with Gasteiger partial charge in [0.25, 0.3) is 0 Å². The highest BCUT2D eigenvalue weighted by atomic mass is 16.1. The molecule has 1 aromatic rings. The second kappa shape index (κ2) is 7.46. The first-order valence-electron chi connectivity index (χ1n) is 6.11. The molecular formula is C14H19N3O. The molecule has 0 aliphatic carbocycles. The molecule has 1 rings (SSSR count).